The summed E-state index contributed by atoms with van der Waals surface area (Å²) in [5.74, 6) is 2.10. The minimum absolute atomic E-state index is 0.397. The number of hydrogen-bond acceptors (Lipinski definition) is 4. The van der Waals surface area contributed by atoms with Crippen LogP contribution in [0.15, 0.2) is 30.5 Å². The third-order valence-electron chi connectivity index (χ3n) is 2.21. The molecule has 0 spiro atoms. The van der Waals surface area contributed by atoms with Crippen molar-refractivity contribution in [2.75, 3.05) is 12.8 Å². The number of methoxy groups -OCH3 is 1. The Labute approximate surface area is 93.2 Å². The van der Waals surface area contributed by atoms with Gasteiger partial charge in [-0.2, -0.15) is 5.10 Å². The molecule has 0 aliphatic rings. The van der Waals surface area contributed by atoms with Gasteiger partial charge in [0.25, 0.3) is 0 Å². The highest BCUT2D eigenvalue weighted by Crippen LogP contribution is 2.18. The number of nitrogen functional groups attached to an aromatic ring is 1. The number of rotatable bonds is 4. The SMILES string of the molecule is COc1ccc(OCc2cn[nH]c2N)cc1. The van der Waals surface area contributed by atoms with E-state index in [2.05, 4.69) is 10.2 Å². The molecule has 5 nitrogen and oxygen atoms in total. The van der Waals surface area contributed by atoms with Crippen molar-refractivity contribution in [2.24, 2.45) is 0 Å². The van der Waals surface area contributed by atoms with E-state index >= 15 is 0 Å². The van der Waals surface area contributed by atoms with Crippen molar-refractivity contribution < 1.29 is 9.47 Å². The van der Waals surface area contributed by atoms with Gasteiger partial charge in [0, 0.05) is 0 Å². The normalized spacial score (nSPS) is 10.1. The fourth-order valence-electron chi connectivity index (χ4n) is 1.27. The van der Waals surface area contributed by atoms with Crippen LogP contribution in [0.5, 0.6) is 11.5 Å². The van der Waals surface area contributed by atoms with Gasteiger partial charge in [0.2, 0.25) is 0 Å². The second-order valence-electron chi connectivity index (χ2n) is 3.27. The van der Waals surface area contributed by atoms with E-state index in [1.807, 2.05) is 24.3 Å². The third kappa shape index (κ3) is 2.25. The number of ether oxygens (including phenoxy) is 2. The Morgan fingerprint density at radius 3 is 2.50 bits per heavy atom. The van der Waals surface area contributed by atoms with Crippen molar-refractivity contribution in [3.63, 3.8) is 0 Å². The molecule has 16 heavy (non-hydrogen) atoms. The molecule has 0 unspecified atom stereocenters. The summed E-state index contributed by atoms with van der Waals surface area (Å²) in [6.45, 7) is 0.397. The number of aromatic nitrogens is 2. The topological polar surface area (TPSA) is 73.2 Å². The van der Waals surface area contributed by atoms with Crippen molar-refractivity contribution in [3.8, 4) is 11.5 Å². The lowest BCUT2D eigenvalue weighted by Crippen LogP contribution is -1.98. The zero-order valence-corrected chi connectivity index (χ0v) is 8.93. The van der Waals surface area contributed by atoms with Crippen LogP contribution < -0.4 is 15.2 Å². The molecule has 0 saturated heterocycles. The Bertz CT molecular complexity index is 451. The average Bonchev–Trinajstić information content (AvgIpc) is 2.73. The molecule has 0 amide bonds. The molecular weight excluding hydrogens is 206 g/mol. The van der Waals surface area contributed by atoms with E-state index in [4.69, 9.17) is 15.2 Å². The van der Waals surface area contributed by atoms with Gasteiger partial charge in [-0.1, -0.05) is 0 Å². The molecule has 84 valence electrons. The summed E-state index contributed by atoms with van der Waals surface area (Å²) >= 11 is 0. The Kier molecular flexibility index (Phi) is 2.95. The van der Waals surface area contributed by atoms with Gasteiger partial charge < -0.3 is 15.2 Å². The van der Waals surface area contributed by atoms with Crippen LogP contribution in [0.2, 0.25) is 0 Å². The van der Waals surface area contributed by atoms with E-state index in [1.54, 1.807) is 13.3 Å². The van der Waals surface area contributed by atoms with Crippen LogP contribution in [0.4, 0.5) is 5.82 Å². The Balaban J connectivity index is 1.97. The monoisotopic (exact) mass is 219 g/mol. The maximum Gasteiger partial charge on any atom is 0.125 e. The van der Waals surface area contributed by atoms with Crippen molar-refractivity contribution in [3.05, 3.63) is 36.0 Å². The van der Waals surface area contributed by atoms with E-state index in [9.17, 15) is 0 Å². The number of aromatic amines is 1. The van der Waals surface area contributed by atoms with Gasteiger partial charge in [0.1, 0.15) is 23.9 Å². The number of nitrogens with one attached hydrogen (secondary N) is 1. The molecule has 0 bridgehead atoms. The first-order valence-electron chi connectivity index (χ1n) is 4.84. The summed E-state index contributed by atoms with van der Waals surface area (Å²) in [5, 5.41) is 6.46. The number of nitrogens with two attached hydrogens (primary N) is 1. The van der Waals surface area contributed by atoms with Gasteiger partial charge in [0.15, 0.2) is 0 Å². The standard InChI is InChI=1S/C11H13N3O2/c1-15-9-2-4-10(5-3-9)16-7-8-6-13-14-11(8)12/h2-6H,7H2,1H3,(H3,12,13,14). The summed E-state index contributed by atoms with van der Waals surface area (Å²) in [5.41, 5.74) is 6.48. The van der Waals surface area contributed by atoms with E-state index in [0.29, 0.717) is 12.4 Å². The molecular formula is C11H13N3O2. The molecule has 3 N–H and O–H groups in total. The van der Waals surface area contributed by atoms with Gasteiger partial charge in [-0.15, -0.1) is 0 Å². The van der Waals surface area contributed by atoms with Gasteiger partial charge >= 0.3 is 0 Å². The van der Waals surface area contributed by atoms with Crippen LogP contribution in [-0.4, -0.2) is 17.3 Å². The highest BCUT2D eigenvalue weighted by molar-refractivity contribution is 5.37. The summed E-state index contributed by atoms with van der Waals surface area (Å²) in [4.78, 5) is 0. The molecule has 0 saturated carbocycles. The summed E-state index contributed by atoms with van der Waals surface area (Å²) in [6, 6.07) is 7.37. The fraction of sp³-hybridized carbons (Fsp3) is 0.182. The van der Waals surface area contributed by atoms with E-state index in [0.717, 1.165) is 17.1 Å². The van der Waals surface area contributed by atoms with Crippen molar-refractivity contribution >= 4 is 5.82 Å². The van der Waals surface area contributed by atoms with Crippen LogP contribution in [0.3, 0.4) is 0 Å². The van der Waals surface area contributed by atoms with Crippen molar-refractivity contribution in [1.29, 1.82) is 0 Å². The van der Waals surface area contributed by atoms with Gasteiger partial charge in [0.05, 0.1) is 18.9 Å². The number of nitrogens with zero attached hydrogens (tertiary/aromatic N) is 1. The molecule has 0 fully saturated rings. The fourth-order valence-corrected chi connectivity index (χ4v) is 1.27. The van der Waals surface area contributed by atoms with Gasteiger partial charge in [-0.3, -0.25) is 5.10 Å². The van der Waals surface area contributed by atoms with Crippen LogP contribution >= 0.6 is 0 Å². The maximum absolute atomic E-state index is 5.63. The van der Waals surface area contributed by atoms with Crippen molar-refractivity contribution in [2.45, 2.75) is 6.61 Å². The van der Waals surface area contributed by atoms with Crippen LogP contribution in [0, 0.1) is 0 Å². The predicted molar refractivity (Wildman–Crippen MR) is 60.3 cm³/mol. The van der Waals surface area contributed by atoms with Crippen molar-refractivity contribution in [1.82, 2.24) is 10.2 Å². The molecule has 1 heterocycles. The second-order valence-corrected chi connectivity index (χ2v) is 3.27. The summed E-state index contributed by atoms with van der Waals surface area (Å²) < 4.78 is 10.6. The molecule has 1 aromatic heterocycles. The molecule has 0 aliphatic carbocycles. The largest absolute Gasteiger partial charge is 0.497 e. The Hall–Kier alpha value is -2.17. The average molecular weight is 219 g/mol. The molecule has 0 aliphatic heterocycles. The quantitative estimate of drug-likeness (QED) is 0.818. The van der Waals surface area contributed by atoms with Crippen LogP contribution in [-0.2, 0) is 6.61 Å². The van der Waals surface area contributed by atoms with E-state index < -0.39 is 0 Å². The first-order chi connectivity index (χ1) is 7.79. The van der Waals surface area contributed by atoms with E-state index in [-0.39, 0.29) is 0 Å². The molecule has 0 atom stereocenters. The lowest BCUT2D eigenvalue weighted by atomic mass is 10.3. The third-order valence-corrected chi connectivity index (χ3v) is 2.21. The minimum atomic E-state index is 0.397. The van der Waals surface area contributed by atoms with Gasteiger partial charge in [-0.05, 0) is 24.3 Å². The molecule has 0 radical (unpaired) electrons. The van der Waals surface area contributed by atoms with Crippen LogP contribution in [0.25, 0.3) is 0 Å². The maximum atomic E-state index is 5.63. The number of hydrogen-bond donors (Lipinski definition) is 2. The number of benzene rings is 1. The smallest absolute Gasteiger partial charge is 0.125 e. The molecule has 2 rings (SSSR count). The summed E-state index contributed by atoms with van der Waals surface area (Å²) in [6.07, 6.45) is 1.65. The number of H-pyrrole nitrogens is 1. The predicted octanol–water partition coefficient (Wildman–Crippen LogP) is 1.58. The highest BCUT2D eigenvalue weighted by Gasteiger charge is 2.02. The summed E-state index contributed by atoms with van der Waals surface area (Å²) in [7, 11) is 1.63. The lowest BCUT2D eigenvalue weighted by Gasteiger charge is -2.06. The second kappa shape index (κ2) is 4.57. The molecule has 5 heteroatoms. The van der Waals surface area contributed by atoms with Crippen LogP contribution in [0.1, 0.15) is 5.56 Å². The van der Waals surface area contributed by atoms with Gasteiger partial charge in [-0.25, -0.2) is 0 Å². The Morgan fingerprint density at radius 1 is 1.25 bits per heavy atom. The number of anilines is 1. The van der Waals surface area contributed by atoms with E-state index in [1.165, 1.54) is 0 Å². The molecule has 1 aromatic carbocycles. The minimum Gasteiger partial charge on any atom is -0.497 e. The zero-order valence-electron chi connectivity index (χ0n) is 8.93. The lowest BCUT2D eigenvalue weighted by molar-refractivity contribution is 0.306. The highest BCUT2D eigenvalue weighted by atomic mass is 16.5. The molecule has 2 aromatic rings. The zero-order chi connectivity index (χ0) is 11.4. The first kappa shape index (κ1) is 10.4. The first-order valence-corrected chi connectivity index (χ1v) is 4.84. The Morgan fingerprint density at radius 2 is 1.94 bits per heavy atom.